The maximum absolute atomic E-state index is 5.68. The number of aryl methyl sites for hydroxylation is 1. The molecule has 4 N–H and O–H groups in total. The molecule has 1 atom stereocenters. The molecule has 0 aromatic carbocycles. The fourth-order valence-electron chi connectivity index (χ4n) is 1.51. The van der Waals surface area contributed by atoms with Gasteiger partial charge in [-0.2, -0.15) is 5.10 Å². The van der Waals surface area contributed by atoms with Crippen LogP contribution in [-0.4, -0.2) is 22.8 Å². The Morgan fingerprint density at radius 3 is 2.73 bits per heavy atom. The second-order valence-electron chi connectivity index (χ2n) is 4.21. The second-order valence-corrected chi connectivity index (χ2v) is 4.21. The van der Waals surface area contributed by atoms with E-state index in [1.165, 1.54) is 0 Å². The normalized spacial score (nSPS) is 13.4. The molecule has 86 valence electrons. The van der Waals surface area contributed by atoms with Crippen LogP contribution in [0.4, 0.5) is 0 Å². The van der Waals surface area contributed by atoms with Crippen molar-refractivity contribution in [2.24, 2.45) is 11.7 Å². The van der Waals surface area contributed by atoms with E-state index in [1.807, 2.05) is 0 Å². The molecule has 0 aliphatic carbocycles. The predicted octanol–water partition coefficient (Wildman–Crippen LogP) is 1.04. The molecule has 0 radical (unpaired) electrons. The number of nitrogens with zero attached hydrogens (tertiary/aromatic N) is 1. The Bertz CT molecular complexity index is 280. The molecule has 0 saturated heterocycles. The van der Waals surface area contributed by atoms with Crippen molar-refractivity contribution < 1.29 is 0 Å². The number of aromatic nitrogens is 2. The summed E-state index contributed by atoms with van der Waals surface area (Å²) in [5.74, 6) is 0.559. The van der Waals surface area contributed by atoms with Gasteiger partial charge in [-0.1, -0.05) is 20.8 Å². The fourth-order valence-corrected chi connectivity index (χ4v) is 1.51. The van der Waals surface area contributed by atoms with Gasteiger partial charge in [0.25, 0.3) is 0 Å². The van der Waals surface area contributed by atoms with Crippen LogP contribution in [0.1, 0.15) is 32.2 Å². The van der Waals surface area contributed by atoms with E-state index >= 15 is 0 Å². The molecule has 1 unspecified atom stereocenters. The van der Waals surface area contributed by atoms with Gasteiger partial charge in [-0.05, 0) is 18.4 Å². The number of aromatic amines is 1. The highest BCUT2D eigenvalue weighted by Gasteiger charge is 2.10. The lowest BCUT2D eigenvalue weighted by Crippen LogP contribution is -2.39. The summed E-state index contributed by atoms with van der Waals surface area (Å²) < 4.78 is 0. The van der Waals surface area contributed by atoms with Crippen LogP contribution in [0, 0.1) is 5.92 Å². The molecule has 0 aliphatic heterocycles. The average molecular weight is 210 g/mol. The summed E-state index contributed by atoms with van der Waals surface area (Å²) in [6.45, 7) is 7.94. The number of H-pyrrole nitrogens is 1. The minimum atomic E-state index is 0.373. The first-order chi connectivity index (χ1) is 7.17. The SMILES string of the molecule is CCc1cc(CNC(CN)C(C)C)[nH]n1. The number of nitrogens with one attached hydrogen (secondary N) is 2. The van der Waals surface area contributed by atoms with Crippen LogP contribution in [0.3, 0.4) is 0 Å². The molecule has 4 nitrogen and oxygen atoms in total. The van der Waals surface area contributed by atoms with Crippen LogP contribution in [0.5, 0.6) is 0 Å². The number of rotatable bonds is 6. The largest absolute Gasteiger partial charge is 0.329 e. The van der Waals surface area contributed by atoms with Crippen molar-refractivity contribution in [2.45, 2.75) is 39.8 Å². The minimum Gasteiger partial charge on any atom is -0.329 e. The van der Waals surface area contributed by atoms with Crippen LogP contribution in [0.25, 0.3) is 0 Å². The van der Waals surface area contributed by atoms with Gasteiger partial charge in [0.1, 0.15) is 0 Å². The molecular weight excluding hydrogens is 188 g/mol. The Morgan fingerprint density at radius 1 is 1.53 bits per heavy atom. The summed E-state index contributed by atoms with van der Waals surface area (Å²) in [5.41, 5.74) is 7.92. The lowest BCUT2D eigenvalue weighted by Gasteiger charge is -2.19. The van der Waals surface area contributed by atoms with Gasteiger partial charge in [0, 0.05) is 24.8 Å². The van der Waals surface area contributed by atoms with Gasteiger partial charge < -0.3 is 11.1 Å². The summed E-state index contributed by atoms with van der Waals surface area (Å²) in [7, 11) is 0. The molecule has 4 heteroatoms. The van der Waals surface area contributed by atoms with Crippen LogP contribution in [0.2, 0.25) is 0 Å². The third kappa shape index (κ3) is 3.64. The maximum atomic E-state index is 5.68. The van der Waals surface area contributed by atoms with Gasteiger partial charge in [0.2, 0.25) is 0 Å². The van der Waals surface area contributed by atoms with E-state index in [2.05, 4.69) is 42.4 Å². The molecule has 0 saturated carbocycles. The van der Waals surface area contributed by atoms with Crippen LogP contribution in [-0.2, 0) is 13.0 Å². The van der Waals surface area contributed by atoms with Gasteiger partial charge in [-0.25, -0.2) is 0 Å². The Balaban J connectivity index is 2.41. The lowest BCUT2D eigenvalue weighted by atomic mass is 10.0. The van der Waals surface area contributed by atoms with Crippen molar-refractivity contribution in [2.75, 3.05) is 6.54 Å². The summed E-state index contributed by atoms with van der Waals surface area (Å²) in [6, 6.07) is 2.47. The number of nitrogens with two attached hydrogens (primary N) is 1. The van der Waals surface area contributed by atoms with Crippen molar-refractivity contribution >= 4 is 0 Å². The Labute approximate surface area is 91.6 Å². The van der Waals surface area contributed by atoms with Gasteiger partial charge in [0.15, 0.2) is 0 Å². The molecule has 0 amide bonds. The number of hydrogen-bond acceptors (Lipinski definition) is 3. The summed E-state index contributed by atoms with van der Waals surface area (Å²) in [5, 5.41) is 10.6. The first kappa shape index (κ1) is 12.2. The monoisotopic (exact) mass is 210 g/mol. The summed E-state index contributed by atoms with van der Waals surface area (Å²) >= 11 is 0. The maximum Gasteiger partial charge on any atom is 0.0622 e. The van der Waals surface area contributed by atoms with E-state index in [9.17, 15) is 0 Å². The molecule has 15 heavy (non-hydrogen) atoms. The third-order valence-corrected chi connectivity index (χ3v) is 2.66. The van der Waals surface area contributed by atoms with Crippen molar-refractivity contribution in [1.82, 2.24) is 15.5 Å². The van der Waals surface area contributed by atoms with E-state index in [1.54, 1.807) is 0 Å². The van der Waals surface area contributed by atoms with Crippen LogP contribution >= 0.6 is 0 Å². The highest BCUT2D eigenvalue weighted by Crippen LogP contribution is 2.03. The quantitative estimate of drug-likeness (QED) is 0.657. The summed E-state index contributed by atoms with van der Waals surface area (Å²) in [6.07, 6.45) is 0.973. The predicted molar refractivity (Wildman–Crippen MR) is 62.5 cm³/mol. The van der Waals surface area contributed by atoms with Crippen LogP contribution < -0.4 is 11.1 Å². The van der Waals surface area contributed by atoms with Gasteiger partial charge in [-0.3, -0.25) is 5.10 Å². The molecule has 0 bridgehead atoms. The third-order valence-electron chi connectivity index (χ3n) is 2.66. The van der Waals surface area contributed by atoms with E-state index < -0.39 is 0 Å². The van der Waals surface area contributed by atoms with E-state index in [4.69, 9.17) is 5.73 Å². The first-order valence-corrected chi connectivity index (χ1v) is 5.64. The minimum absolute atomic E-state index is 0.373. The fraction of sp³-hybridized carbons (Fsp3) is 0.727. The zero-order chi connectivity index (χ0) is 11.3. The first-order valence-electron chi connectivity index (χ1n) is 5.64. The molecular formula is C11H22N4. The zero-order valence-electron chi connectivity index (χ0n) is 9.88. The summed E-state index contributed by atoms with van der Waals surface area (Å²) in [4.78, 5) is 0. The van der Waals surface area contributed by atoms with Crippen molar-refractivity contribution in [3.05, 3.63) is 17.5 Å². The molecule has 0 fully saturated rings. The number of hydrogen-bond donors (Lipinski definition) is 3. The highest BCUT2D eigenvalue weighted by atomic mass is 15.1. The van der Waals surface area contributed by atoms with Crippen molar-refractivity contribution in [3.8, 4) is 0 Å². The van der Waals surface area contributed by atoms with Gasteiger partial charge in [-0.15, -0.1) is 0 Å². The van der Waals surface area contributed by atoms with E-state index in [-0.39, 0.29) is 0 Å². The topological polar surface area (TPSA) is 66.7 Å². The molecule has 1 rings (SSSR count). The van der Waals surface area contributed by atoms with Gasteiger partial charge >= 0.3 is 0 Å². The molecule has 0 spiro atoms. The Hall–Kier alpha value is -0.870. The molecule has 0 aliphatic rings. The van der Waals surface area contributed by atoms with Gasteiger partial charge in [0.05, 0.1) is 5.69 Å². The average Bonchev–Trinajstić information content (AvgIpc) is 2.66. The van der Waals surface area contributed by atoms with E-state index in [0.717, 1.165) is 24.4 Å². The van der Waals surface area contributed by atoms with Crippen molar-refractivity contribution in [1.29, 1.82) is 0 Å². The lowest BCUT2D eigenvalue weighted by molar-refractivity contribution is 0.403. The molecule has 1 aromatic rings. The molecule has 1 heterocycles. The standard InChI is InChI=1S/C11H22N4/c1-4-9-5-10(15-14-9)7-13-11(6-12)8(2)3/h5,8,11,13H,4,6-7,12H2,1-3H3,(H,14,15). The van der Waals surface area contributed by atoms with Crippen molar-refractivity contribution in [3.63, 3.8) is 0 Å². The van der Waals surface area contributed by atoms with E-state index in [0.29, 0.717) is 18.5 Å². The molecule has 1 aromatic heterocycles. The Kier molecular flexibility index (Phi) is 4.78. The Morgan fingerprint density at radius 2 is 2.27 bits per heavy atom. The smallest absolute Gasteiger partial charge is 0.0622 e. The highest BCUT2D eigenvalue weighted by molar-refractivity contribution is 5.08. The van der Waals surface area contributed by atoms with Crippen LogP contribution in [0.15, 0.2) is 6.07 Å². The second kappa shape index (κ2) is 5.88. The zero-order valence-corrected chi connectivity index (χ0v) is 9.88.